The first-order chi connectivity index (χ1) is 16.2. The summed E-state index contributed by atoms with van der Waals surface area (Å²) in [5.74, 6) is 0.941. The zero-order valence-corrected chi connectivity index (χ0v) is 20.5. The van der Waals surface area contributed by atoms with E-state index in [9.17, 15) is 14.1 Å². The molecule has 1 saturated carbocycles. The van der Waals surface area contributed by atoms with Gasteiger partial charge >= 0.3 is 0 Å². The van der Waals surface area contributed by atoms with Crippen molar-refractivity contribution in [3.05, 3.63) is 75.9 Å². The summed E-state index contributed by atoms with van der Waals surface area (Å²) in [6.45, 7) is 6.43. The highest BCUT2D eigenvalue weighted by Crippen LogP contribution is 2.42. The summed E-state index contributed by atoms with van der Waals surface area (Å²) in [7, 11) is 0. The highest BCUT2D eigenvalue weighted by Gasteiger charge is 2.35. The molecule has 4 atom stereocenters. The van der Waals surface area contributed by atoms with Crippen molar-refractivity contribution in [1.82, 2.24) is 10.3 Å². The van der Waals surface area contributed by atoms with Gasteiger partial charge in [-0.3, -0.25) is 4.79 Å². The van der Waals surface area contributed by atoms with Crippen LogP contribution in [0.4, 0.5) is 4.39 Å². The number of nitroso groups, excluding NO2 is 1. The zero-order chi connectivity index (χ0) is 24.3. The largest absolute Gasteiger partial charge is 0.366 e. The van der Waals surface area contributed by atoms with E-state index >= 15 is 0 Å². The van der Waals surface area contributed by atoms with Gasteiger partial charge in [0.1, 0.15) is 5.67 Å². The first kappa shape index (κ1) is 24.4. The third-order valence-electron chi connectivity index (χ3n) is 7.56. The summed E-state index contributed by atoms with van der Waals surface area (Å²) in [4.78, 5) is 24.4. The highest BCUT2D eigenvalue weighted by molar-refractivity contribution is 5.93. The third-order valence-corrected chi connectivity index (χ3v) is 7.56. The van der Waals surface area contributed by atoms with E-state index in [1.807, 2.05) is 17.6 Å². The van der Waals surface area contributed by atoms with Crippen LogP contribution in [0.3, 0.4) is 0 Å². The number of allylic oxidation sites excluding steroid dienone is 2. The van der Waals surface area contributed by atoms with Gasteiger partial charge in [0, 0.05) is 18.3 Å². The molecule has 0 saturated heterocycles. The number of nitrogens with zero attached hydrogens (tertiary/aromatic N) is 2. The molecule has 5 nitrogen and oxygen atoms in total. The molecule has 0 radical (unpaired) electrons. The number of hydrogen-bond acceptors (Lipinski definition) is 4. The number of benzene rings is 1. The van der Waals surface area contributed by atoms with E-state index in [1.165, 1.54) is 24.0 Å². The summed E-state index contributed by atoms with van der Waals surface area (Å²) in [5.41, 5.74) is 5.26. The molecule has 182 valence electrons. The van der Waals surface area contributed by atoms with Crippen LogP contribution in [0, 0.1) is 22.7 Å². The van der Waals surface area contributed by atoms with Crippen molar-refractivity contribution >= 4 is 5.91 Å². The molecule has 34 heavy (non-hydrogen) atoms. The minimum Gasteiger partial charge on any atom is -0.366 e. The second-order valence-electron chi connectivity index (χ2n) is 10.8. The molecule has 1 aromatic rings. The van der Waals surface area contributed by atoms with E-state index in [0.29, 0.717) is 35.8 Å². The lowest BCUT2D eigenvalue weighted by atomic mass is 9.79. The lowest BCUT2D eigenvalue weighted by Crippen LogP contribution is -2.35. The van der Waals surface area contributed by atoms with Crippen LogP contribution in [0.5, 0.6) is 0 Å². The van der Waals surface area contributed by atoms with Gasteiger partial charge in [-0.15, -0.1) is 4.91 Å². The molecule has 1 aliphatic heterocycles. The fourth-order valence-corrected chi connectivity index (χ4v) is 6.04. The van der Waals surface area contributed by atoms with Crippen molar-refractivity contribution in [1.29, 1.82) is 0 Å². The van der Waals surface area contributed by atoms with Crippen LogP contribution < -0.4 is 5.43 Å². The minimum absolute atomic E-state index is 0.311. The standard InChI is InChI=1S/C28H36FN3O2/c1-19-7-14-24(22-6-4-5-20(8-11-22)17-28(2,3)29)25-15-16-32(26(19)25)18-21-9-12-23(13-10-21)27(33)30-31-34/h7,9-10,12-16,19-20,22,26H,4-6,8,11,17-18H2,1-3H3,(H,30,33,34). The van der Waals surface area contributed by atoms with E-state index in [1.54, 1.807) is 26.0 Å². The Morgan fingerprint density at radius 3 is 2.59 bits per heavy atom. The molecule has 3 aliphatic rings. The minimum atomic E-state index is -1.08. The molecule has 6 heteroatoms. The number of hydrogen-bond donors (Lipinski definition) is 1. The molecule has 4 unspecified atom stereocenters. The van der Waals surface area contributed by atoms with Crippen molar-refractivity contribution in [3.8, 4) is 0 Å². The SMILES string of the molecule is CC1C=CC(C2CCCC(CC(C)(C)F)CC2)=C2C=CN(Cc3ccc(C(=O)NN=O)cc3)C21. The Bertz CT molecular complexity index is 990. The number of carbonyl (C=O) groups excluding carboxylic acids is 1. The fourth-order valence-electron chi connectivity index (χ4n) is 6.04. The van der Waals surface area contributed by atoms with Crippen LogP contribution in [0.1, 0.15) is 75.2 Å². The predicted molar refractivity (Wildman–Crippen MR) is 133 cm³/mol. The van der Waals surface area contributed by atoms with Crippen LogP contribution in [0.15, 0.2) is 65.1 Å². The molecule has 1 aromatic carbocycles. The van der Waals surface area contributed by atoms with Crippen LogP contribution >= 0.6 is 0 Å². The Balaban J connectivity index is 1.46. The van der Waals surface area contributed by atoms with Crippen molar-refractivity contribution in [2.75, 3.05) is 0 Å². The van der Waals surface area contributed by atoms with Crippen molar-refractivity contribution < 1.29 is 9.18 Å². The fraction of sp³-hybridized carbons (Fsp3) is 0.536. The van der Waals surface area contributed by atoms with Gasteiger partial charge in [0.05, 0.1) is 11.3 Å². The smallest absolute Gasteiger partial charge is 0.273 e. The lowest BCUT2D eigenvalue weighted by Gasteiger charge is -2.35. The summed E-state index contributed by atoms with van der Waals surface area (Å²) in [6, 6.07) is 7.62. The third kappa shape index (κ3) is 5.65. The van der Waals surface area contributed by atoms with E-state index in [2.05, 4.69) is 41.5 Å². The summed E-state index contributed by atoms with van der Waals surface area (Å²) < 4.78 is 14.2. The maximum Gasteiger partial charge on any atom is 0.273 e. The lowest BCUT2D eigenvalue weighted by molar-refractivity contribution is 0.0954. The normalized spacial score (nSPS) is 26.9. The average molecular weight is 466 g/mol. The van der Waals surface area contributed by atoms with Gasteiger partial charge in [-0.05, 0) is 92.2 Å². The summed E-state index contributed by atoms with van der Waals surface area (Å²) >= 11 is 0. The van der Waals surface area contributed by atoms with Crippen molar-refractivity contribution in [2.24, 2.45) is 23.0 Å². The van der Waals surface area contributed by atoms with Gasteiger partial charge < -0.3 is 4.90 Å². The Kier molecular flexibility index (Phi) is 7.34. The molecule has 1 amide bonds. The van der Waals surface area contributed by atoms with Crippen LogP contribution in [-0.4, -0.2) is 22.5 Å². The zero-order valence-electron chi connectivity index (χ0n) is 20.5. The molecular formula is C28H36FN3O2. The molecule has 1 heterocycles. The molecule has 1 N–H and O–H groups in total. The number of fused-ring (bicyclic) bond motifs is 1. The Hall–Kier alpha value is -2.76. The summed E-state index contributed by atoms with van der Waals surface area (Å²) in [5, 5.41) is 2.45. The van der Waals surface area contributed by atoms with E-state index in [4.69, 9.17) is 0 Å². The maximum atomic E-state index is 14.2. The predicted octanol–water partition coefficient (Wildman–Crippen LogP) is 6.63. The first-order valence-electron chi connectivity index (χ1n) is 12.5. The Morgan fingerprint density at radius 1 is 1.12 bits per heavy atom. The van der Waals surface area contributed by atoms with Gasteiger partial charge in [0.15, 0.2) is 0 Å². The molecular weight excluding hydrogens is 429 g/mol. The molecule has 2 aliphatic carbocycles. The van der Waals surface area contributed by atoms with E-state index in [-0.39, 0.29) is 0 Å². The topological polar surface area (TPSA) is 61.8 Å². The number of rotatable bonds is 7. The molecule has 4 rings (SSSR count). The van der Waals surface area contributed by atoms with Gasteiger partial charge in [-0.25, -0.2) is 9.82 Å². The molecule has 0 spiro atoms. The van der Waals surface area contributed by atoms with E-state index in [0.717, 1.165) is 31.4 Å². The number of carbonyl (C=O) groups is 1. The monoisotopic (exact) mass is 465 g/mol. The van der Waals surface area contributed by atoms with Crippen molar-refractivity contribution in [3.63, 3.8) is 0 Å². The Morgan fingerprint density at radius 2 is 1.88 bits per heavy atom. The van der Waals surface area contributed by atoms with Gasteiger partial charge in [-0.2, -0.15) is 0 Å². The summed E-state index contributed by atoms with van der Waals surface area (Å²) in [6.07, 6.45) is 15.6. The Labute approximate surface area is 202 Å². The highest BCUT2D eigenvalue weighted by atomic mass is 19.1. The van der Waals surface area contributed by atoms with Crippen LogP contribution in [-0.2, 0) is 6.54 Å². The number of halogens is 1. The van der Waals surface area contributed by atoms with Gasteiger partial charge in [0.25, 0.3) is 5.91 Å². The second kappa shape index (κ2) is 10.2. The van der Waals surface area contributed by atoms with Crippen LogP contribution in [0.25, 0.3) is 0 Å². The van der Waals surface area contributed by atoms with Gasteiger partial charge in [0.2, 0.25) is 0 Å². The van der Waals surface area contributed by atoms with Gasteiger partial charge in [-0.1, -0.05) is 44.1 Å². The van der Waals surface area contributed by atoms with E-state index < -0.39 is 11.6 Å². The van der Waals surface area contributed by atoms with Crippen LogP contribution in [0.2, 0.25) is 0 Å². The average Bonchev–Trinajstić information content (AvgIpc) is 3.07. The first-order valence-corrected chi connectivity index (χ1v) is 12.5. The second-order valence-corrected chi connectivity index (χ2v) is 10.8. The van der Waals surface area contributed by atoms with Crippen molar-refractivity contribution in [2.45, 2.75) is 77.6 Å². The molecule has 1 fully saturated rings. The molecule has 0 aromatic heterocycles. The number of alkyl halides is 1. The molecule has 0 bridgehead atoms. The number of nitrogens with one attached hydrogen (secondary N) is 1. The maximum absolute atomic E-state index is 14.2. The number of amides is 1. The quantitative estimate of drug-likeness (QED) is 0.279.